The second-order valence-corrected chi connectivity index (χ2v) is 9.55. The molecular weight excluding hydrogens is 424 g/mol. The molecule has 3 rings (SSSR count). The van der Waals surface area contributed by atoms with Gasteiger partial charge in [-0.2, -0.15) is 0 Å². The van der Waals surface area contributed by atoms with Crippen molar-refractivity contribution in [1.29, 1.82) is 0 Å². The number of ketones is 1. The van der Waals surface area contributed by atoms with Gasteiger partial charge < -0.3 is 5.32 Å². The lowest BCUT2D eigenvalue weighted by atomic mass is 9.95. The van der Waals surface area contributed by atoms with Gasteiger partial charge >= 0.3 is 0 Å². The van der Waals surface area contributed by atoms with Crippen LogP contribution in [0.2, 0.25) is 0 Å². The lowest BCUT2D eigenvalue weighted by Gasteiger charge is -2.25. The van der Waals surface area contributed by atoms with Crippen molar-refractivity contribution in [2.45, 2.75) is 19.9 Å². The zero-order chi connectivity index (χ0) is 23.3. The Morgan fingerprint density at radius 2 is 1.59 bits per heavy atom. The van der Waals surface area contributed by atoms with Gasteiger partial charge in [-0.1, -0.05) is 66.7 Å². The Kier molecular flexibility index (Phi) is 7.10. The maximum atomic E-state index is 13.1. The second kappa shape index (κ2) is 9.78. The first-order valence-electron chi connectivity index (χ1n) is 10.2. The van der Waals surface area contributed by atoms with E-state index in [9.17, 15) is 18.0 Å². The molecule has 0 unspecified atom stereocenters. The van der Waals surface area contributed by atoms with Crippen molar-refractivity contribution in [1.82, 2.24) is 5.32 Å². The van der Waals surface area contributed by atoms with Crippen molar-refractivity contribution in [3.05, 3.63) is 101 Å². The number of hydrogen-bond donors (Lipinski definition) is 1. The first-order chi connectivity index (χ1) is 15.2. The first kappa shape index (κ1) is 23.2. The van der Waals surface area contributed by atoms with E-state index in [1.807, 2.05) is 61.5 Å². The Balaban J connectivity index is 1.92. The average Bonchev–Trinajstić information content (AvgIpc) is 2.76. The van der Waals surface area contributed by atoms with Gasteiger partial charge in [0.05, 0.1) is 18.0 Å². The number of sulfonamides is 1. The highest BCUT2D eigenvalue weighted by Crippen LogP contribution is 2.25. The van der Waals surface area contributed by atoms with Crippen LogP contribution in [0.25, 0.3) is 0 Å². The number of nitrogens with one attached hydrogen (secondary N) is 1. The van der Waals surface area contributed by atoms with Gasteiger partial charge in [-0.25, -0.2) is 8.42 Å². The first-order valence-corrected chi connectivity index (χ1v) is 12.0. The summed E-state index contributed by atoms with van der Waals surface area (Å²) in [6.45, 7) is 2.96. The van der Waals surface area contributed by atoms with Gasteiger partial charge in [0.25, 0.3) is 0 Å². The fraction of sp³-hybridized carbons (Fsp3) is 0.200. The fourth-order valence-corrected chi connectivity index (χ4v) is 4.36. The van der Waals surface area contributed by atoms with Crippen LogP contribution in [0.3, 0.4) is 0 Å². The Labute approximate surface area is 188 Å². The molecule has 0 spiro atoms. The summed E-state index contributed by atoms with van der Waals surface area (Å²) in [7, 11) is -3.77. The molecule has 0 bridgehead atoms. The Morgan fingerprint density at radius 3 is 2.22 bits per heavy atom. The summed E-state index contributed by atoms with van der Waals surface area (Å²) in [6.07, 6.45) is 1.04. The van der Waals surface area contributed by atoms with E-state index in [0.717, 1.165) is 27.3 Å². The van der Waals surface area contributed by atoms with Gasteiger partial charge in [0.1, 0.15) is 6.54 Å². The van der Waals surface area contributed by atoms with Crippen LogP contribution in [0.1, 0.15) is 40.0 Å². The molecule has 1 atom stereocenters. The van der Waals surface area contributed by atoms with Crippen LogP contribution in [0.5, 0.6) is 0 Å². The number of Topliss-reactive ketones (excluding diaryl/α,β-unsaturated/α-hetero) is 1. The van der Waals surface area contributed by atoms with Crippen LogP contribution < -0.4 is 9.62 Å². The second-order valence-electron chi connectivity index (χ2n) is 7.64. The van der Waals surface area contributed by atoms with Crippen LogP contribution in [0.15, 0.2) is 78.9 Å². The molecule has 0 fully saturated rings. The molecule has 0 aliphatic carbocycles. The molecule has 3 aromatic carbocycles. The van der Waals surface area contributed by atoms with Crippen LogP contribution in [-0.2, 0) is 14.8 Å². The number of anilines is 1. The SMILES string of the molecule is CC(=O)c1cccc(N(CC(=O)N[C@@H](c2ccccc2)c2ccccc2C)S(C)(=O)=O)c1. The molecule has 1 amide bonds. The number of benzene rings is 3. The minimum absolute atomic E-state index is 0.187. The number of nitrogens with zero attached hydrogens (tertiary/aromatic N) is 1. The molecule has 0 aliphatic rings. The van der Waals surface area contributed by atoms with Crippen molar-refractivity contribution in [2.24, 2.45) is 0 Å². The van der Waals surface area contributed by atoms with Gasteiger partial charge in [-0.15, -0.1) is 0 Å². The molecule has 166 valence electrons. The van der Waals surface area contributed by atoms with Crippen molar-refractivity contribution >= 4 is 27.4 Å². The van der Waals surface area contributed by atoms with Gasteiger partial charge in [-0.3, -0.25) is 13.9 Å². The van der Waals surface area contributed by atoms with E-state index < -0.39 is 28.5 Å². The number of aryl methyl sites for hydroxylation is 1. The van der Waals surface area contributed by atoms with E-state index in [4.69, 9.17) is 0 Å². The van der Waals surface area contributed by atoms with Gasteiger partial charge in [0.15, 0.2) is 5.78 Å². The molecule has 1 N–H and O–H groups in total. The van der Waals surface area contributed by atoms with Crippen LogP contribution in [0.4, 0.5) is 5.69 Å². The average molecular weight is 451 g/mol. The van der Waals surface area contributed by atoms with E-state index >= 15 is 0 Å². The fourth-order valence-electron chi connectivity index (χ4n) is 3.51. The third kappa shape index (κ3) is 5.62. The van der Waals surface area contributed by atoms with Crippen molar-refractivity contribution < 1.29 is 18.0 Å². The van der Waals surface area contributed by atoms with Gasteiger partial charge in [0, 0.05) is 5.56 Å². The minimum atomic E-state index is -3.77. The standard InChI is InChI=1S/C25H26N2O4S/c1-18-10-7-8-15-23(18)25(20-11-5-4-6-12-20)26-24(29)17-27(32(3,30)31)22-14-9-13-21(16-22)19(2)28/h4-16,25H,17H2,1-3H3,(H,26,29)/t25-/m0/s1. The van der Waals surface area contributed by atoms with Crippen molar-refractivity contribution in [3.8, 4) is 0 Å². The molecule has 0 aliphatic heterocycles. The monoisotopic (exact) mass is 450 g/mol. The summed E-state index contributed by atoms with van der Waals surface area (Å²) >= 11 is 0. The van der Waals surface area contributed by atoms with Gasteiger partial charge in [0.2, 0.25) is 15.9 Å². The topological polar surface area (TPSA) is 83.6 Å². The molecule has 3 aromatic rings. The maximum absolute atomic E-state index is 13.1. The third-order valence-corrected chi connectivity index (χ3v) is 6.31. The summed E-state index contributed by atoms with van der Waals surface area (Å²) < 4.78 is 26.0. The summed E-state index contributed by atoms with van der Waals surface area (Å²) in [5.74, 6) is -0.644. The van der Waals surface area contributed by atoms with Crippen LogP contribution >= 0.6 is 0 Å². The van der Waals surface area contributed by atoms with Crippen LogP contribution in [-0.4, -0.2) is 32.9 Å². The summed E-state index contributed by atoms with van der Waals surface area (Å²) in [6, 6.07) is 23.1. The van der Waals surface area contributed by atoms with E-state index in [-0.39, 0.29) is 11.5 Å². The highest BCUT2D eigenvalue weighted by molar-refractivity contribution is 7.92. The molecule has 0 radical (unpaired) electrons. The zero-order valence-corrected chi connectivity index (χ0v) is 19.1. The summed E-state index contributed by atoms with van der Waals surface area (Å²) in [5, 5.41) is 2.99. The predicted molar refractivity (Wildman–Crippen MR) is 126 cm³/mol. The van der Waals surface area contributed by atoms with E-state index in [2.05, 4.69) is 5.32 Å². The molecule has 32 heavy (non-hydrogen) atoms. The number of amides is 1. The molecule has 0 aromatic heterocycles. The quantitative estimate of drug-likeness (QED) is 0.528. The van der Waals surface area contributed by atoms with Crippen molar-refractivity contribution in [2.75, 3.05) is 17.1 Å². The number of rotatable bonds is 8. The Bertz CT molecular complexity index is 1220. The highest BCUT2D eigenvalue weighted by atomic mass is 32.2. The van der Waals surface area contributed by atoms with E-state index in [0.29, 0.717) is 5.56 Å². The number of hydrogen-bond acceptors (Lipinski definition) is 4. The normalized spacial score (nSPS) is 12.1. The maximum Gasteiger partial charge on any atom is 0.241 e. The Morgan fingerprint density at radius 1 is 0.938 bits per heavy atom. The predicted octanol–water partition coefficient (Wildman–Crippen LogP) is 3.87. The van der Waals surface area contributed by atoms with E-state index in [1.54, 1.807) is 18.2 Å². The number of carbonyl (C=O) groups is 2. The van der Waals surface area contributed by atoms with Crippen molar-refractivity contribution in [3.63, 3.8) is 0 Å². The zero-order valence-electron chi connectivity index (χ0n) is 18.3. The van der Waals surface area contributed by atoms with Gasteiger partial charge in [-0.05, 0) is 42.7 Å². The lowest BCUT2D eigenvalue weighted by molar-refractivity contribution is -0.120. The summed E-state index contributed by atoms with van der Waals surface area (Å²) in [4.78, 5) is 24.8. The highest BCUT2D eigenvalue weighted by Gasteiger charge is 2.24. The molecule has 7 heteroatoms. The van der Waals surface area contributed by atoms with E-state index in [1.165, 1.54) is 13.0 Å². The molecule has 0 saturated carbocycles. The molecule has 0 heterocycles. The third-order valence-electron chi connectivity index (χ3n) is 5.17. The number of carbonyl (C=O) groups excluding carboxylic acids is 2. The Hall–Kier alpha value is -3.45. The molecule has 6 nitrogen and oxygen atoms in total. The smallest absolute Gasteiger partial charge is 0.241 e. The summed E-state index contributed by atoms with van der Waals surface area (Å²) in [5.41, 5.74) is 3.47. The van der Waals surface area contributed by atoms with Crippen LogP contribution in [0, 0.1) is 6.92 Å². The minimum Gasteiger partial charge on any atom is -0.344 e. The largest absolute Gasteiger partial charge is 0.344 e. The molecular formula is C25H26N2O4S. The lowest BCUT2D eigenvalue weighted by Crippen LogP contribution is -2.42. The molecule has 0 saturated heterocycles.